The molecule has 104 valence electrons. The molecule has 1 aliphatic heterocycles. The number of nitrogens with zero attached hydrogens (tertiary/aromatic N) is 3. The number of carbonyl (C=O) groups excluding carboxylic acids is 1. The van der Waals surface area contributed by atoms with Crippen molar-refractivity contribution >= 4 is 11.6 Å². The van der Waals surface area contributed by atoms with Gasteiger partial charge in [0.1, 0.15) is 12.7 Å². The monoisotopic (exact) mass is 271 g/mol. The maximum atomic E-state index is 12.3. The van der Waals surface area contributed by atoms with E-state index in [1.54, 1.807) is 11.0 Å². The first kappa shape index (κ1) is 12.8. The van der Waals surface area contributed by atoms with Crippen molar-refractivity contribution in [2.24, 2.45) is 5.41 Å². The minimum absolute atomic E-state index is 0.0657. The van der Waals surface area contributed by atoms with Gasteiger partial charge in [-0.1, -0.05) is 0 Å². The Hall–Kier alpha value is -2.21. The van der Waals surface area contributed by atoms with Gasteiger partial charge < -0.3 is 10.6 Å². The van der Waals surface area contributed by atoms with E-state index in [1.165, 1.54) is 6.33 Å². The smallest absolute Gasteiger partial charge is 0.231 e. The fourth-order valence-electron chi connectivity index (χ4n) is 2.33. The Kier molecular flexibility index (Phi) is 3.23. The van der Waals surface area contributed by atoms with Crippen molar-refractivity contribution in [2.45, 2.75) is 13.3 Å². The highest BCUT2D eigenvalue weighted by atomic mass is 16.2. The molecule has 1 aliphatic rings. The quantitative estimate of drug-likeness (QED) is 0.880. The summed E-state index contributed by atoms with van der Waals surface area (Å²) in [5.41, 5.74) is 1.39. The van der Waals surface area contributed by atoms with E-state index in [9.17, 15) is 4.79 Å². The first-order valence-corrected chi connectivity index (χ1v) is 6.65. The standard InChI is InChI=1S/C14H17N5O/c1-14(6-7-15-8-14)13(20)18-11-2-4-12(5-3-11)19-10-16-9-17-19/h2-5,9-10,15H,6-8H2,1H3,(H,18,20). The third kappa shape index (κ3) is 2.42. The van der Waals surface area contributed by atoms with Gasteiger partial charge in [0, 0.05) is 12.2 Å². The minimum atomic E-state index is -0.315. The Bertz CT molecular complexity index is 585. The van der Waals surface area contributed by atoms with Gasteiger partial charge in [-0.25, -0.2) is 9.67 Å². The molecule has 0 bridgehead atoms. The molecule has 1 unspecified atom stereocenters. The fraction of sp³-hybridized carbons (Fsp3) is 0.357. The Balaban J connectivity index is 1.71. The second kappa shape index (κ2) is 5.05. The van der Waals surface area contributed by atoms with E-state index in [4.69, 9.17) is 0 Å². The van der Waals surface area contributed by atoms with Gasteiger partial charge in [-0.05, 0) is 44.2 Å². The van der Waals surface area contributed by atoms with Crippen molar-refractivity contribution in [2.75, 3.05) is 18.4 Å². The summed E-state index contributed by atoms with van der Waals surface area (Å²) in [6.45, 7) is 3.62. The second-order valence-corrected chi connectivity index (χ2v) is 5.33. The number of aromatic nitrogens is 3. The maximum Gasteiger partial charge on any atom is 0.231 e. The molecule has 1 amide bonds. The van der Waals surface area contributed by atoms with Crippen LogP contribution in [0.4, 0.5) is 5.69 Å². The third-order valence-corrected chi connectivity index (χ3v) is 3.73. The average molecular weight is 271 g/mol. The Morgan fingerprint density at radius 2 is 2.20 bits per heavy atom. The van der Waals surface area contributed by atoms with Crippen molar-refractivity contribution in [3.63, 3.8) is 0 Å². The molecule has 20 heavy (non-hydrogen) atoms. The summed E-state index contributed by atoms with van der Waals surface area (Å²) in [5, 5.41) is 10.3. The molecule has 1 aromatic heterocycles. The van der Waals surface area contributed by atoms with Crippen molar-refractivity contribution in [1.29, 1.82) is 0 Å². The molecule has 1 aromatic carbocycles. The fourth-order valence-corrected chi connectivity index (χ4v) is 2.33. The predicted octanol–water partition coefficient (Wildman–Crippen LogP) is 1.21. The van der Waals surface area contributed by atoms with E-state index < -0.39 is 0 Å². The molecule has 2 N–H and O–H groups in total. The molecule has 6 heteroatoms. The van der Waals surface area contributed by atoms with Crippen LogP contribution in [-0.4, -0.2) is 33.8 Å². The summed E-state index contributed by atoms with van der Waals surface area (Å²) in [6, 6.07) is 7.56. The van der Waals surface area contributed by atoms with E-state index >= 15 is 0 Å². The second-order valence-electron chi connectivity index (χ2n) is 5.33. The van der Waals surface area contributed by atoms with Crippen LogP contribution in [0.1, 0.15) is 13.3 Å². The van der Waals surface area contributed by atoms with Gasteiger partial charge in [-0.15, -0.1) is 0 Å². The lowest BCUT2D eigenvalue weighted by atomic mass is 9.89. The van der Waals surface area contributed by atoms with Crippen molar-refractivity contribution in [1.82, 2.24) is 20.1 Å². The summed E-state index contributed by atoms with van der Waals surface area (Å²) in [7, 11) is 0. The number of benzene rings is 1. The van der Waals surface area contributed by atoms with E-state index in [2.05, 4.69) is 20.7 Å². The van der Waals surface area contributed by atoms with E-state index in [1.807, 2.05) is 31.2 Å². The molecule has 0 saturated carbocycles. The lowest BCUT2D eigenvalue weighted by Gasteiger charge is -2.21. The highest BCUT2D eigenvalue weighted by Gasteiger charge is 2.36. The number of nitrogens with one attached hydrogen (secondary N) is 2. The van der Waals surface area contributed by atoms with Gasteiger partial charge in [0.25, 0.3) is 0 Å². The SMILES string of the molecule is CC1(C(=O)Nc2ccc(-n3cncn3)cc2)CCNC1. The van der Waals surface area contributed by atoms with Crippen LogP contribution in [0.15, 0.2) is 36.9 Å². The molecule has 1 fully saturated rings. The number of rotatable bonds is 3. The molecule has 3 rings (SSSR count). The van der Waals surface area contributed by atoms with Crippen LogP contribution < -0.4 is 10.6 Å². The van der Waals surface area contributed by atoms with Gasteiger partial charge in [0.15, 0.2) is 0 Å². The molecule has 1 saturated heterocycles. The van der Waals surface area contributed by atoms with Gasteiger partial charge >= 0.3 is 0 Å². The van der Waals surface area contributed by atoms with Crippen LogP contribution in [0.3, 0.4) is 0 Å². The van der Waals surface area contributed by atoms with E-state index in [0.29, 0.717) is 0 Å². The normalized spacial score (nSPS) is 21.9. The molecule has 0 aliphatic carbocycles. The van der Waals surface area contributed by atoms with E-state index in [0.717, 1.165) is 30.9 Å². The number of carbonyl (C=O) groups is 1. The average Bonchev–Trinajstić information content (AvgIpc) is 3.11. The lowest BCUT2D eigenvalue weighted by Crippen LogP contribution is -2.35. The van der Waals surface area contributed by atoms with Crippen molar-refractivity contribution < 1.29 is 4.79 Å². The third-order valence-electron chi connectivity index (χ3n) is 3.73. The van der Waals surface area contributed by atoms with Gasteiger partial charge in [0.2, 0.25) is 5.91 Å². The van der Waals surface area contributed by atoms with Gasteiger partial charge in [-0.2, -0.15) is 5.10 Å². The number of hydrogen-bond donors (Lipinski definition) is 2. The van der Waals surface area contributed by atoms with Crippen LogP contribution in [0.2, 0.25) is 0 Å². The summed E-state index contributed by atoms with van der Waals surface area (Å²) in [6.07, 6.45) is 4.00. The zero-order valence-electron chi connectivity index (χ0n) is 11.3. The largest absolute Gasteiger partial charge is 0.326 e. The molecule has 1 atom stereocenters. The molecule has 6 nitrogen and oxygen atoms in total. The molecular weight excluding hydrogens is 254 g/mol. The lowest BCUT2D eigenvalue weighted by molar-refractivity contribution is -0.123. The molecule has 0 spiro atoms. The molecule has 2 heterocycles. The maximum absolute atomic E-state index is 12.3. The Morgan fingerprint density at radius 3 is 2.80 bits per heavy atom. The van der Waals surface area contributed by atoms with Crippen molar-refractivity contribution in [3.05, 3.63) is 36.9 Å². The summed E-state index contributed by atoms with van der Waals surface area (Å²) in [5.74, 6) is 0.0657. The number of amides is 1. The first-order chi connectivity index (χ1) is 9.67. The zero-order valence-corrected chi connectivity index (χ0v) is 11.3. The van der Waals surface area contributed by atoms with Gasteiger partial charge in [0.05, 0.1) is 11.1 Å². The van der Waals surface area contributed by atoms with Crippen LogP contribution in [0, 0.1) is 5.41 Å². The highest BCUT2D eigenvalue weighted by molar-refractivity contribution is 5.95. The summed E-state index contributed by atoms with van der Waals surface area (Å²) < 4.78 is 1.67. The van der Waals surface area contributed by atoms with Crippen molar-refractivity contribution in [3.8, 4) is 5.69 Å². The Morgan fingerprint density at radius 1 is 1.40 bits per heavy atom. The number of hydrogen-bond acceptors (Lipinski definition) is 4. The van der Waals surface area contributed by atoms with E-state index in [-0.39, 0.29) is 11.3 Å². The van der Waals surface area contributed by atoms with Gasteiger partial charge in [-0.3, -0.25) is 4.79 Å². The summed E-state index contributed by atoms with van der Waals surface area (Å²) in [4.78, 5) is 16.2. The van der Waals surface area contributed by atoms with Crippen LogP contribution >= 0.6 is 0 Å². The molecular formula is C14H17N5O. The topological polar surface area (TPSA) is 71.8 Å². The van der Waals surface area contributed by atoms with Crippen LogP contribution in [0.25, 0.3) is 5.69 Å². The zero-order chi connectivity index (χ0) is 14.0. The summed E-state index contributed by atoms with van der Waals surface area (Å²) >= 11 is 0. The highest BCUT2D eigenvalue weighted by Crippen LogP contribution is 2.26. The molecule has 0 radical (unpaired) electrons. The minimum Gasteiger partial charge on any atom is -0.326 e. The molecule has 2 aromatic rings. The number of anilines is 1. The predicted molar refractivity (Wildman–Crippen MR) is 75.6 cm³/mol. The Labute approximate surface area is 117 Å². The van der Waals surface area contributed by atoms with Crippen LogP contribution in [-0.2, 0) is 4.79 Å². The first-order valence-electron chi connectivity index (χ1n) is 6.65. The van der Waals surface area contributed by atoms with Crippen LogP contribution in [0.5, 0.6) is 0 Å².